The Kier molecular flexibility index (Phi) is 8.79. The maximum atomic E-state index is 12.9. The van der Waals surface area contributed by atoms with Gasteiger partial charge in [-0.15, -0.1) is 0 Å². The van der Waals surface area contributed by atoms with Gasteiger partial charge in [0.1, 0.15) is 0 Å². The lowest BCUT2D eigenvalue weighted by Crippen LogP contribution is -2.43. The summed E-state index contributed by atoms with van der Waals surface area (Å²) in [5, 5.41) is 0. The molecule has 1 rings (SSSR count). The standard InChI is InChI=1S/C21H37N3O3S/c1-9-12-28(26,27)22-19-10-11-20(23(7)8)18(13-19)14-24(17(6)15(2)3)21(25)16(4)5/h10-11,13,15-17,22H,9,12,14H2,1-8H3. The van der Waals surface area contributed by atoms with Crippen molar-refractivity contribution >= 4 is 27.3 Å². The first kappa shape index (κ1) is 24.3. The van der Waals surface area contributed by atoms with E-state index in [2.05, 4.69) is 25.5 Å². The van der Waals surface area contributed by atoms with Crippen molar-refractivity contribution in [2.24, 2.45) is 11.8 Å². The summed E-state index contributed by atoms with van der Waals surface area (Å²) in [4.78, 5) is 16.8. The van der Waals surface area contributed by atoms with Crippen LogP contribution in [0.2, 0.25) is 0 Å². The van der Waals surface area contributed by atoms with Gasteiger partial charge in [0.15, 0.2) is 0 Å². The molecule has 0 fully saturated rings. The molecule has 6 nitrogen and oxygen atoms in total. The van der Waals surface area contributed by atoms with E-state index in [9.17, 15) is 13.2 Å². The predicted octanol–water partition coefficient (Wildman–Crippen LogP) is 3.93. The maximum absolute atomic E-state index is 12.9. The second kappa shape index (κ2) is 10.1. The third kappa shape index (κ3) is 6.69. The third-order valence-corrected chi connectivity index (χ3v) is 6.37. The predicted molar refractivity (Wildman–Crippen MR) is 118 cm³/mol. The normalized spacial score (nSPS) is 12.9. The minimum atomic E-state index is -3.37. The van der Waals surface area contributed by atoms with Gasteiger partial charge < -0.3 is 9.80 Å². The second-order valence-electron chi connectivity index (χ2n) is 8.26. The summed E-state index contributed by atoms with van der Waals surface area (Å²) in [7, 11) is 0.523. The molecule has 1 unspecified atom stereocenters. The molecule has 0 aliphatic carbocycles. The summed E-state index contributed by atoms with van der Waals surface area (Å²) in [6.07, 6.45) is 0.556. The molecular weight excluding hydrogens is 374 g/mol. The average molecular weight is 412 g/mol. The lowest BCUT2D eigenvalue weighted by molar-refractivity contribution is -0.138. The Morgan fingerprint density at radius 1 is 1.11 bits per heavy atom. The summed E-state index contributed by atoms with van der Waals surface area (Å²) < 4.78 is 27.0. The number of nitrogens with zero attached hydrogens (tertiary/aromatic N) is 2. The monoisotopic (exact) mass is 411 g/mol. The molecule has 28 heavy (non-hydrogen) atoms. The van der Waals surface area contributed by atoms with Crippen LogP contribution in [0.15, 0.2) is 18.2 Å². The van der Waals surface area contributed by atoms with Crippen LogP contribution in [0.3, 0.4) is 0 Å². The van der Waals surface area contributed by atoms with Crippen LogP contribution >= 0.6 is 0 Å². The van der Waals surface area contributed by atoms with Gasteiger partial charge in [0.25, 0.3) is 0 Å². The summed E-state index contributed by atoms with van der Waals surface area (Å²) in [6, 6.07) is 5.59. The van der Waals surface area contributed by atoms with Crippen molar-refractivity contribution in [3.05, 3.63) is 23.8 Å². The minimum Gasteiger partial charge on any atom is -0.377 e. The first-order chi connectivity index (χ1) is 12.9. The number of hydrogen-bond acceptors (Lipinski definition) is 4. The van der Waals surface area contributed by atoms with Gasteiger partial charge in [-0.3, -0.25) is 9.52 Å². The molecule has 160 valence electrons. The summed E-state index contributed by atoms with van der Waals surface area (Å²) in [6.45, 7) is 12.4. The highest BCUT2D eigenvalue weighted by atomic mass is 32.2. The van der Waals surface area contributed by atoms with Crippen molar-refractivity contribution in [2.45, 2.75) is 60.5 Å². The zero-order valence-electron chi connectivity index (χ0n) is 18.6. The molecule has 1 atom stereocenters. The molecule has 0 aromatic heterocycles. The fourth-order valence-corrected chi connectivity index (χ4v) is 4.13. The number of sulfonamides is 1. The molecule has 0 spiro atoms. The van der Waals surface area contributed by atoms with E-state index in [1.807, 2.05) is 56.8 Å². The molecular formula is C21H37N3O3S. The van der Waals surface area contributed by atoms with Crippen LogP contribution in [0.5, 0.6) is 0 Å². The van der Waals surface area contributed by atoms with Gasteiger partial charge in [-0.2, -0.15) is 0 Å². The second-order valence-corrected chi connectivity index (χ2v) is 10.1. The van der Waals surface area contributed by atoms with Gasteiger partial charge in [0.05, 0.1) is 5.75 Å². The van der Waals surface area contributed by atoms with Crippen LogP contribution < -0.4 is 9.62 Å². The van der Waals surface area contributed by atoms with Crippen LogP contribution in [-0.2, 0) is 21.4 Å². The van der Waals surface area contributed by atoms with E-state index in [1.165, 1.54) is 0 Å². The number of hydrogen-bond donors (Lipinski definition) is 1. The Balaban J connectivity index is 3.33. The molecule has 1 aromatic rings. The van der Waals surface area contributed by atoms with Crippen LogP contribution in [-0.4, -0.2) is 45.1 Å². The van der Waals surface area contributed by atoms with Crippen molar-refractivity contribution < 1.29 is 13.2 Å². The molecule has 0 aliphatic rings. The Labute approximate surface area is 171 Å². The zero-order chi connectivity index (χ0) is 21.6. The highest BCUT2D eigenvalue weighted by molar-refractivity contribution is 7.92. The summed E-state index contributed by atoms with van der Waals surface area (Å²) in [5.74, 6) is 0.398. The van der Waals surface area contributed by atoms with E-state index in [0.29, 0.717) is 24.6 Å². The Hall–Kier alpha value is -1.76. The van der Waals surface area contributed by atoms with E-state index in [-0.39, 0.29) is 23.6 Å². The van der Waals surface area contributed by atoms with Crippen LogP contribution in [0.25, 0.3) is 0 Å². The smallest absolute Gasteiger partial charge is 0.232 e. The molecule has 1 N–H and O–H groups in total. The first-order valence-corrected chi connectivity index (χ1v) is 11.7. The van der Waals surface area contributed by atoms with E-state index in [0.717, 1.165) is 11.3 Å². The Bertz CT molecular complexity index is 758. The summed E-state index contributed by atoms with van der Waals surface area (Å²) >= 11 is 0. The fourth-order valence-electron chi connectivity index (χ4n) is 3.01. The number of rotatable bonds is 10. The number of benzene rings is 1. The lowest BCUT2D eigenvalue weighted by atomic mass is 10.0. The van der Waals surface area contributed by atoms with Crippen molar-refractivity contribution in [1.29, 1.82) is 0 Å². The maximum Gasteiger partial charge on any atom is 0.232 e. The zero-order valence-corrected chi connectivity index (χ0v) is 19.4. The van der Waals surface area contributed by atoms with E-state index >= 15 is 0 Å². The molecule has 0 heterocycles. The van der Waals surface area contributed by atoms with E-state index < -0.39 is 10.0 Å². The Morgan fingerprint density at radius 2 is 1.71 bits per heavy atom. The number of carbonyl (C=O) groups is 1. The quantitative estimate of drug-likeness (QED) is 0.633. The number of amides is 1. The average Bonchev–Trinajstić information content (AvgIpc) is 2.57. The molecule has 0 bridgehead atoms. The van der Waals surface area contributed by atoms with Crippen LogP contribution in [0.4, 0.5) is 11.4 Å². The topological polar surface area (TPSA) is 69.7 Å². The van der Waals surface area contributed by atoms with Gasteiger partial charge in [-0.25, -0.2) is 8.42 Å². The molecule has 0 aliphatic heterocycles. The molecule has 1 amide bonds. The highest BCUT2D eigenvalue weighted by Crippen LogP contribution is 2.27. The molecule has 0 saturated carbocycles. The minimum absolute atomic E-state index is 0.0744. The van der Waals surface area contributed by atoms with Crippen molar-refractivity contribution in [3.63, 3.8) is 0 Å². The van der Waals surface area contributed by atoms with Crippen LogP contribution in [0.1, 0.15) is 53.5 Å². The molecule has 0 saturated heterocycles. The fraction of sp³-hybridized carbons (Fsp3) is 0.667. The van der Waals surface area contributed by atoms with Gasteiger partial charge >= 0.3 is 0 Å². The van der Waals surface area contributed by atoms with Crippen LogP contribution in [0, 0.1) is 11.8 Å². The number of carbonyl (C=O) groups excluding carboxylic acids is 1. The van der Waals surface area contributed by atoms with E-state index in [1.54, 1.807) is 6.07 Å². The number of nitrogens with one attached hydrogen (secondary N) is 1. The van der Waals surface area contributed by atoms with Gasteiger partial charge in [-0.05, 0) is 43.0 Å². The van der Waals surface area contributed by atoms with Crippen molar-refractivity contribution in [2.75, 3.05) is 29.5 Å². The van der Waals surface area contributed by atoms with Crippen molar-refractivity contribution in [3.8, 4) is 0 Å². The van der Waals surface area contributed by atoms with Gasteiger partial charge in [-0.1, -0.05) is 34.6 Å². The van der Waals surface area contributed by atoms with Crippen molar-refractivity contribution in [1.82, 2.24) is 4.90 Å². The van der Waals surface area contributed by atoms with E-state index in [4.69, 9.17) is 0 Å². The largest absolute Gasteiger partial charge is 0.377 e. The molecule has 7 heteroatoms. The number of anilines is 2. The first-order valence-electron chi connectivity index (χ1n) is 10.0. The van der Waals surface area contributed by atoms with Gasteiger partial charge in [0, 0.05) is 44.0 Å². The lowest BCUT2D eigenvalue weighted by Gasteiger charge is -2.34. The Morgan fingerprint density at radius 3 is 2.18 bits per heavy atom. The third-order valence-electron chi connectivity index (χ3n) is 4.88. The molecule has 1 aromatic carbocycles. The summed E-state index contributed by atoms with van der Waals surface area (Å²) in [5.41, 5.74) is 2.42. The van der Waals surface area contributed by atoms with Gasteiger partial charge in [0.2, 0.25) is 15.9 Å². The SMILES string of the molecule is CCCS(=O)(=O)Nc1ccc(N(C)C)c(CN(C(=O)C(C)C)C(C)C(C)C)c1. The highest BCUT2D eigenvalue weighted by Gasteiger charge is 2.26. The molecule has 0 radical (unpaired) electrons.